The van der Waals surface area contributed by atoms with Gasteiger partial charge in [0.05, 0.1) is 16.6 Å². The zero-order chi connectivity index (χ0) is 29.0. The van der Waals surface area contributed by atoms with Crippen LogP contribution in [0.15, 0.2) is 42.5 Å². The van der Waals surface area contributed by atoms with Crippen molar-refractivity contribution in [2.45, 2.75) is 67.4 Å². The van der Waals surface area contributed by atoms with E-state index in [4.69, 9.17) is 14.8 Å². The van der Waals surface area contributed by atoms with Crippen molar-refractivity contribution >= 4 is 45.5 Å². The molecule has 0 atom stereocenters. The summed E-state index contributed by atoms with van der Waals surface area (Å²) in [5, 5.41) is 12.4. The van der Waals surface area contributed by atoms with Gasteiger partial charge in [-0.1, -0.05) is 74.9 Å². The van der Waals surface area contributed by atoms with Crippen molar-refractivity contribution in [3.63, 3.8) is 0 Å². The number of amides is 2. The third kappa shape index (κ3) is 13.8. The number of thiazole rings is 1. The SMILES string of the molecule is C#N.C=O.CC.CC.Cc1cccc(-c2ccc3nc(NC(=O)NCCC(=O)OC(C)(C)C)sc3c2)c1. The second-order valence-corrected chi connectivity index (χ2v) is 8.82. The highest BCUT2D eigenvalue weighted by molar-refractivity contribution is 7.22. The largest absolute Gasteiger partial charge is 0.460 e. The number of aromatic nitrogens is 1. The van der Waals surface area contributed by atoms with E-state index in [2.05, 4.69) is 53.4 Å². The molecule has 0 unspecified atom stereocenters. The third-order valence-corrected chi connectivity index (χ3v) is 4.93. The number of esters is 1. The number of carbonyl (C=O) groups excluding carboxylic acids is 3. The van der Waals surface area contributed by atoms with Crippen LogP contribution in [0.4, 0.5) is 9.93 Å². The topological polar surface area (TPSA) is 121 Å². The molecule has 3 rings (SSSR count). The van der Waals surface area contributed by atoms with Crippen LogP contribution in [-0.4, -0.2) is 35.9 Å². The number of hydrogen-bond acceptors (Lipinski definition) is 7. The number of ether oxygens (including phenoxy) is 1. The molecular weight excluding hydrogens is 488 g/mol. The Kier molecular flexibility index (Phi) is 18.6. The average Bonchev–Trinajstić information content (AvgIpc) is 3.29. The first kappa shape index (κ1) is 35.4. The second kappa shape index (κ2) is 19.4. The molecule has 0 bridgehead atoms. The molecule has 202 valence electrons. The zero-order valence-corrected chi connectivity index (χ0v) is 24.0. The average molecular weight is 529 g/mol. The lowest BCUT2D eigenvalue weighted by molar-refractivity contribution is -0.154. The summed E-state index contributed by atoms with van der Waals surface area (Å²) in [7, 11) is 0. The summed E-state index contributed by atoms with van der Waals surface area (Å²) in [6.07, 6.45) is 0.115. The predicted octanol–water partition coefficient (Wildman–Crippen LogP) is 7.13. The Bertz CT molecular complexity index is 1100. The second-order valence-electron chi connectivity index (χ2n) is 7.79. The van der Waals surface area contributed by atoms with Gasteiger partial charge < -0.3 is 14.8 Å². The standard InChI is InChI=1S/C22H25N3O3S.2C2H6.CHN.CH2O/c1-14-6-5-7-15(12-14)16-8-9-17-18(13-16)29-21(24-17)25-20(27)23-11-10-19(26)28-22(2,3)4;4*1-2/h5-9,12-13H,10-11H2,1-4H3,(H2,23,24,25,27);2*1-2H3;1H;1H2. The van der Waals surface area contributed by atoms with Gasteiger partial charge in [0, 0.05) is 13.1 Å². The van der Waals surface area contributed by atoms with Crippen LogP contribution in [0.3, 0.4) is 0 Å². The van der Waals surface area contributed by atoms with Crippen LogP contribution in [0.5, 0.6) is 0 Å². The van der Waals surface area contributed by atoms with Crippen molar-refractivity contribution in [1.82, 2.24) is 10.3 Å². The highest BCUT2D eigenvalue weighted by Gasteiger charge is 2.16. The van der Waals surface area contributed by atoms with Crippen LogP contribution in [0.2, 0.25) is 0 Å². The highest BCUT2D eigenvalue weighted by atomic mass is 32.1. The summed E-state index contributed by atoms with van der Waals surface area (Å²) in [4.78, 5) is 36.2. The number of nitriles is 1. The summed E-state index contributed by atoms with van der Waals surface area (Å²) in [5.74, 6) is -0.346. The van der Waals surface area contributed by atoms with E-state index < -0.39 is 11.6 Å². The molecule has 2 amide bonds. The van der Waals surface area contributed by atoms with E-state index in [0.29, 0.717) is 5.13 Å². The van der Waals surface area contributed by atoms with E-state index in [1.54, 1.807) is 0 Å². The molecule has 2 aromatic carbocycles. The number of aryl methyl sites for hydroxylation is 1. The number of hydrogen-bond donors (Lipinski definition) is 2. The number of fused-ring (bicyclic) bond motifs is 1. The Labute approximate surface area is 225 Å². The van der Waals surface area contributed by atoms with Crippen LogP contribution >= 0.6 is 11.3 Å². The fraction of sp³-hybridized carbons (Fsp3) is 0.393. The van der Waals surface area contributed by atoms with Gasteiger partial charge in [-0.15, -0.1) is 0 Å². The number of urea groups is 1. The summed E-state index contributed by atoms with van der Waals surface area (Å²) < 4.78 is 6.21. The molecule has 1 heterocycles. The third-order valence-electron chi connectivity index (χ3n) is 4.00. The predicted molar refractivity (Wildman–Crippen MR) is 154 cm³/mol. The highest BCUT2D eigenvalue weighted by Crippen LogP contribution is 2.30. The lowest BCUT2D eigenvalue weighted by Gasteiger charge is -2.19. The first-order valence-electron chi connectivity index (χ1n) is 12.0. The summed E-state index contributed by atoms with van der Waals surface area (Å²) >= 11 is 1.41. The fourth-order valence-corrected chi connectivity index (χ4v) is 3.69. The number of benzene rings is 2. The Morgan fingerprint density at radius 1 is 1.03 bits per heavy atom. The number of nitrogens with zero attached hydrogens (tertiary/aromatic N) is 2. The zero-order valence-electron chi connectivity index (χ0n) is 23.2. The first-order valence-corrected chi connectivity index (χ1v) is 12.8. The molecule has 0 spiro atoms. The Hall–Kier alpha value is -3.77. The molecule has 0 aliphatic carbocycles. The quantitative estimate of drug-likeness (QED) is 0.340. The van der Waals surface area contributed by atoms with Crippen molar-refractivity contribution in [3.8, 4) is 17.7 Å². The smallest absolute Gasteiger partial charge is 0.321 e. The van der Waals surface area contributed by atoms with Crippen LogP contribution in [0, 0.1) is 18.8 Å². The fourth-order valence-electron chi connectivity index (χ4n) is 2.79. The molecule has 2 N–H and O–H groups in total. The van der Waals surface area contributed by atoms with Gasteiger partial charge in [-0.25, -0.2) is 15.0 Å². The van der Waals surface area contributed by atoms with Crippen LogP contribution in [0.25, 0.3) is 21.3 Å². The van der Waals surface area contributed by atoms with Crippen molar-refractivity contribution in [2.24, 2.45) is 0 Å². The molecule has 37 heavy (non-hydrogen) atoms. The van der Waals surface area contributed by atoms with Crippen molar-refractivity contribution < 1.29 is 19.1 Å². The molecule has 0 saturated carbocycles. The van der Waals surface area contributed by atoms with Gasteiger partial charge in [-0.2, -0.15) is 0 Å². The maximum Gasteiger partial charge on any atom is 0.321 e. The summed E-state index contributed by atoms with van der Waals surface area (Å²) in [6, 6.07) is 14.0. The minimum atomic E-state index is -0.530. The Balaban J connectivity index is 0. The molecule has 0 aliphatic heterocycles. The van der Waals surface area contributed by atoms with Crippen molar-refractivity contribution in [2.75, 3.05) is 11.9 Å². The molecule has 0 fully saturated rings. The van der Waals surface area contributed by atoms with Gasteiger partial charge in [-0.3, -0.25) is 10.1 Å². The summed E-state index contributed by atoms with van der Waals surface area (Å²) in [6.45, 7) is 21.2. The summed E-state index contributed by atoms with van der Waals surface area (Å²) in [5.41, 5.74) is 3.76. The molecule has 3 aromatic rings. The number of nitrogens with one attached hydrogen (secondary N) is 2. The Morgan fingerprint density at radius 3 is 2.19 bits per heavy atom. The van der Waals surface area contributed by atoms with Crippen LogP contribution in [-0.2, 0) is 14.3 Å². The molecule has 0 aliphatic rings. The van der Waals surface area contributed by atoms with Gasteiger partial charge >= 0.3 is 12.0 Å². The molecule has 1 aromatic heterocycles. The van der Waals surface area contributed by atoms with Gasteiger partial charge in [0.2, 0.25) is 0 Å². The van der Waals surface area contributed by atoms with Crippen molar-refractivity contribution in [1.29, 1.82) is 5.26 Å². The van der Waals surface area contributed by atoms with Gasteiger partial charge in [-0.05, 0) is 51.0 Å². The molecular formula is C28H40N4O4S. The van der Waals surface area contributed by atoms with Crippen LogP contribution in [0.1, 0.15) is 60.5 Å². The minimum absolute atomic E-state index is 0.115. The normalized spacial score (nSPS) is 9.35. The molecule has 0 saturated heterocycles. The van der Waals surface area contributed by atoms with E-state index in [1.165, 1.54) is 16.9 Å². The van der Waals surface area contributed by atoms with E-state index in [9.17, 15) is 9.59 Å². The lowest BCUT2D eigenvalue weighted by Crippen LogP contribution is -2.32. The van der Waals surface area contributed by atoms with E-state index in [1.807, 2.05) is 73.5 Å². The molecule has 0 radical (unpaired) electrons. The number of carbonyl (C=O) groups is 3. The van der Waals surface area contributed by atoms with Gasteiger partial charge in [0.25, 0.3) is 0 Å². The maximum atomic E-state index is 12.1. The van der Waals surface area contributed by atoms with Gasteiger partial charge in [0.1, 0.15) is 12.4 Å². The molecule has 9 heteroatoms. The first-order chi connectivity index (χ1) is 17.7. The molecule has 8 nitrogen and oxygen atoms in total. The monoisotopic (exact) mass is 528 g/mol. The van der Waals surface area contributed by atoms with E-state index >= 15 is 0 Å². The Morgan fingerprint density at radius 2 is 1.62 bits per heavy atom. The van der Waals surface area contributed by atoms with Crippen molar-refractivity contribution in [3.05, 3.63) is 48.0 Å². The van der Waals surface area contributed by atoms with Gasteiger partial charge in [0.15, 0.2) is 5.13 Å². The number of rotatable bonds is 5. The van der Waals surface area contributed by atoms with E-state index in [-0.39, 0.29) is 18.9 Å². The lowest BCUT2D eigenvalue weighted by atomic mass is 10.0. The van der Waals surface area contributed by atoms with E-state index in [0.717, 1.165) is 21.3 Å². The maximum absolute atomic E-state index is 12.1. The number of anilines is 1. The van der Waals surface area contributed by atoms with Crippen LogP contribution < -0.4 is 10.6 Å². The minimum Gasteiger partial charge on any atom is -0.460 e.